The fraction of sp³-hybridized carbons (Fsp3) is 0. The molecule has 2 aromatic heterocycles. The molecule has 3 aromatic rings. The average molecular weight is 346 g/mol. The van der Waals surface area contributed by atoms with Gasteiger partial charge in [-0.15, -0.1) is 5.10 Å². The van der Waals surface area contributed by atoms with E-state index in [0.29, 0.717) is 0 Å². The van der Waals surface area contributed by atoms with E-state index in [-0.39, 0.29) is 22.9 Å². The second-order valence-corrected chi connectivity index (χ2v) is 4.63. The van der Waals surface area contributed by atoms with E-state index in [9.17, 15) is 20.1 Å². The van der Waals surface area contributed by atoms with Gasteiger partial charge in [0.2, 0.25) is 11.6 Å². The minimum atomic E-state index is -0.690. The third-order valence-corrected chi connectivity index (χ3v) is 2.91. The number of phenols is 3. The van der Waals surface area contributed by atoms with E-state index in [1.54, 1.807) is 0 Å². The van der Waals surface area contributed by atoms with Gasteiger partial charge in [-0.3, -0.25) is 4.79 Å². The highest BCUT2D eigenvalue weighted by Crippen LogP contribution is 2.34. The summed E-state index contributed by atoms with van der Waals surface area (Å²) in [5, 5.41) is 45.8. The first-order valence-corrected chi connectivity index (χ1v) is 6.55. The second kappa shape index (κ2) is 6.15. The van der Waals surface area contributed by atoms with Gasteiger partial charge in [-0.05, 0) is 22.4 Å². The van der Waals surface area contributed by atoms with Gasteiger partial charge in [-0.2, -0.15) is 9.78 Å². The Bertz CT molecular complexity index is 939. The molecule has 6 N–H and O–H groups in total. The number of hydrazone groups is 1. The number of hydrogen-bond donors (Lipinski definition) is 5. The molecule has 25 heavy (non-hydrogen) atoms. The lowest BCUT2D eigenvalue weighted by Gasteiger charge is -2.01. The number of carbonyl (C=O) groups is 1. The molecule has 128 valence electrons. The molecule has 2 heterocycles. The molecule has 0 bridgehead atoms. The third-order valence-electron chi connectivity index (χ3n) is 2.91. The number of carbonyl (C=O) groups excluding carboxylic acids is 1. The highest BCUT2D eigenvalue weighted by molar-refractivity contribution is 5.93. The Morgan fingerprint density at radius 3 is 2.64 bits per heavy atom. The van der Waals surface area contributed by atoms with E-state index in [2.05, 4.69) is 35.8 Å². The number of nitrogen functional groups attached to an aromatic ring is 1. The van der Waals surface area contributed by atoms with Crippen molar-refractivity contribution in [2.45, 2.75) is 0 Å². The molecule has 1 aromatic carbocycles. The maximum absolute atomic E-state index is 11.9. The summed E-state index contributed by atoms with van der Waals surface area (Å²) in [5.41, 5.74) is 7.82. The number of rotatable bonds is 4. The lowest BCUT2D eigenvalue weighted by atomic mass is 10.2. The van der Waals surface area contributed by atoms with E-state index >= 15 is 0 Å². The summed E-state index contributed by atoms with van der Waals surface area (Å²) in [4.78, 5) is 11.9. The molecular formula is C12H10N8O5. The molecule has 3 rings (SSSR count). The van der Waals surface area contributed by atoms with Crippen LogP contribution in [-0.2, 0) is 0 Å². The van der Waals surface area contributed by atoms with Crippen molar-refractivity contribution in [3.8, 4) is 23.1 Å². The normalized spacial score (nSPS) is 11.0. The monoisotopic (exact) mass is 346 g/mol. The van der Waals surface area contributed by atoms with Crippen molar-refractivity contribution in [1.29, 1.82) is 0 Å². The van der Waals surface area contributed by atoms with Crippen LogP contribution in [0.25, 0.3) is 5.82 Å². The number of benzene rings is 1. The molecule has 0 unspecified atom stereocenters. The molecule has 13 nitrogen and oxygen atoms in total. The summed E-state index contributed by atoms with van der Waals surface area (Å²) < 4.78 is 5.51. The molecule has 0 spiro atoms. The zero-order valence-electron chi connectivity index (χ0n) is 12.2. The number of aromatic nitrogens is 5. The van der Waals surface area contributed by atoms with Crippen LogP contribution < -0.4 is 11.2 Å². The van der Waals surface area contributed by atoms with Crippen LogP contribution >= 0.6 is 0 Å². The van der Waals surface area contributed by atoms with Crippen molar-refractivity contribution in [3.05, 3.63) is 29.6 Å². The number of phenolic OH excluding ortho intramolecular Hbond substituents is 3. The molecule has 13 heteroatoms. The summed E-state index contributed by atoms with van der Waals surface area (Å²) >= 11 is 0. The van der Waals surface area contributed by atoms with E-state index in [0.717, 1.165) is 23.0 Å². The average Bonchev–Trinajstić information content (AvgIpc) is 3.21. The van der Waals surface area contributed by atoms with E-state index in [4.69, 9.17) is 5.73 Å². The van der Waals surface area contributed by atoms with E-state index in [1.165, 1.54) is 6.20 Å². The van der Waals surface area contributed by atoms with Gasteiger partial charge in [0, 0.05) is 5.56 Å². The maximum Gasteiger partial charge on any atom is 0.293 e. The predicted molar refractivity (Wildman–Crippen MR) is 80.1 cm³/mol. The summed E-state index contributed by atoms with van der Waals surface area (Å²) in [6.07, 6.45) is 2.37. The molecule has 1 amide bonds. The van der Waals surface area contributed by atoms with Crippen molar-refractivity contribution in [3.63, 3.8) is 0 Å². The molecular weight excluding hydrogens is 336 g/mol. The third kappa shape index (κ3) is 3.14. The Morgan fingerprint density at radius 1 is 1.28 bits per heavy atom. The minimum Gasteiger partial charge on any atom is -0.504 e. The Labute approximate surface area is 138 Å². The second-order valence-electron chi connectivity index (χ2n) is 4.63. The van der Waals surface area contributed by atoms with Crippen LogP contribution in [-0.4, -0.2) is 52.7 Å². The van der Waals surface area contributed by atoms with E-state index < -0.39 is 23.2 Å². The van der Waals surface area contributed by atoms with Gasteiger partial charge in [-0.25, -0.2) is 10.1 Å². The van der Waals surface area contributed by atoms with Crippen molar-refractivity contribution < 1.29 is 24.7 Å². The fourth-order valence-electron chi connectivity index (χ4n) is 1.74. The summed E-state index contributed by atoms with van der Waals surface area (Å²) in [5.74, 6) is -2.36. The summed E-state index contributed by atoms with van der Waals surface area (Å²) in [6.45, 7) is 0. The number of nitrogens with zero attached hydrogens (tertiary/aromatic N) is 6. The van der Waals surface area contributed by atoms with Crippen LogP contribution in [0.4, 0.5) is 5.82 Å². The maximum atomic E-state index is 11.9. The van der Waals surface area contributed by atoms with Crippen molar-refractivity contribution in [2.75, 3.05) is 5.73 Å². The standard InChI is InChI=1S/C12H10N8O5/c13-10-11(18-25-17-10)20-4-6(15-19-20)12(24)16-14-3-5-1-7(21)9(23)8(22)2-5/h1-4,21-23H,(H2,13,17)(H,16,24)/b14-3+. The quantitative estimate of drug-likeness (QED) is 0.224. The van der Waals surface area contributed by atoms with Crippen molar-refractivity contribution in [2.24, 2.45) is 5.10 Å². The number of aromatic hydroxyl groups is 3. The van der Waals surface area contributed by atoms with Gasteiger partial charge in [0.1, 0.15) is 0 Å². The van der Waals surface area contributed by atoms with Crippen LogP contribution in [0.3, 0.4) is 0 Å². The zero-order valence-corrected chi connectivity index (χ0v) is 12.2. The predicted octanol–water partition coefficient (Wildman–Crippen LogP) is -0.887. The molecule has 0 aliphatic heterocycles. The Morgan fingerprint density at radius 2 is 2.00 bits per heavy atom. The van der Waals surface area contributed by atoms with Crippen LogP contribution in [0.5, 0.6) is 17.2 Å². The largest absolute Gasteiger partial charge is 0.504 e. The summed E-state index contributed by atoms with van der Waals surface area (Å²) in [7, 11) is 0. The van der Waals surface area contributed by atoms with Gasteiger partial charge in [0.15, 0.2) is 22.9 Å². The molecule has 0 aliphatic rings. The molecule has 0 saturated heterocycles. The number of hydrogen-bond acceptors (Lipinski definition) is 11. The number of anilines is 1. The molecule has 0 aliphatic carbocycles. The molecule has 0 fully saturated rings. The highest BCUT2D eigenvalue weighted by Gasteiger charge is 2.15. The minimum absolute atomic E-state index is 0.0261. The van der Waals surface area contributed by atoms with Crippen LogP contribution in [0.15, 0.2) is 28.1 Å². The fourth-order valence-corrected chi connectivity index (χ4v) is 1.74. The summed E-state index contributed by atoms with van der Waals surface area (Å²) in [6, 6.07) is 2.28. The molecule has 0 saturated carbocycles. The first kappa shape index (κ1) is 15.7. The highest BCUT2D eigenvalue weighted by atomic mass is 16.6. The first-order valence-electron chi connectivity index (χ1n) is 6.55. The van der Waals surface area contributed by atoms with E-state index in [1.807, 2.05) is 0 Å². The van der Waals surface area contributed by atoms with Gasteiger partial charge in [0.25, 0.3) is 5.91 Å². The number of nitrogens with two attached hydrogens (primary N) is 1. The lowest BCUT2D eigenvalue weighted by Crippen LogP contribution is -2.18. The van der Waals surface area contributed by atoms with Gasteiger partial charge in [0.05, 0.1) is 12.4 Å². The van der Waals surface area contributed by atoms with Crippen LogP contribution in [0.1, 0.15) is 16.1 Å². The zero-order chi connectivity index (χ0) is 18.0. The van der Waals surface area contributed by atoms with Gasteiger partial charge in [-0.1, -0.05) is 5.21 Å². The molecule has 0 radical (unpaired) electrons. The Hall–Kier alpha value is -4.16. The topological polar surface area (TPSA) is 198 Å². The Balaban J connectivity index is 1.69. The number of amides is 1. The molecule has 0 atom stereocenters. The van der Waals surface area contributed by atoms with Gasteiger partial charge >= 0.3 is 0 Å². The number of nitrogens with one attached hydrogen (secondary N) is 1. The van der Waals surface area contributed by atoms with Crippen LogP contribution in [0, 0.1) is 0 Å². The van der Waals surface area contributed by atoms with Crippen molar-refractivity contribution >= 4 is 17.9 Å². The Kier molecular flexibility index (Phi) is 3.87. The smallest absolute Gasteiger partial charge is 0.293 e. The van der Waals surface area contributed by atoms with Gasteiger partial charge < -0.3 is 21.1 Å². The van der Waals surface area contributed by atoms with Crippen LogP contribution in [0.2, 0.25) is 0 Å². The first-order chi connectivity index (χ1) is 12.0. The van der Waals surface area contributed by atoms with Crippen molar-refractivity contribution in [1.82, 2.24) is 30.7 Å². The lowest BCUT2D eigenvalue weighted by molar-refractivity contribution is 0.0950. The SMILES string of the molecule is Nc1nonc1-n1cc(C(=O)N/N=C/c2cc(O)c(O)c(O)c2)nn1.